The van der Waals surface area contributed by atoms with Crippen molar-refractivity contribution in [1.29, 1.82) is 0 Å². The van der Waals surface area contributed by atoms with Gasteiger partial charge in [0.2, 0.25) is 5.91 Å². The van der Waals surface area contributed by atoms with Crippen LogP contribution < -0.4 is 5.73 Å². The highest BCUT2D eigenvalue weighted by atomic mass is 16.4. The number of amides is 1. The molecule has 6 nitrogen and oxygen atoms in total. The predicted molar refractivity (Wildman–Crippen MR) is 74.2 cm³/mol. The zero-order valence-electron chi connectivity index (χ0n) is 11.0. The smallest absolute Gasteiger partial charge is 0.323 e. The third kappa shape index (κ3) is 4.74. The molecule has 0 bridgehead atoms. The van der Waals surface area contributed by atoms with Gasteiger partial charge >= 0.3 is 5.97 Å². The molecule has 0 heterocycles. The van der Waals surface area contributed by atoms with Gasteiger partial charge in [-0.05, 0) is 24.1 Å². The molecule has 108 valence electrons. The molecule has 0 aromatic heterocycles. The Kier molecular flexibility index (Phi) is 5.74. The predicted octanol–water partition coefficient (Wildman–Crippen LogP) is 0.361. The normalized spacial score (nSPS) is 11.7. The van der Waals surface area contributed by atoms with Crippen molar-refractivity contribution in [2.75, 3.05) is 13.1 Å². The van der Waals surface area contributed by atoms with Crippen molar-refractivity contribution < 1.29 is 19.8 Å². The van der Waals surface area contributed by atoms with E-state index in [1.807, 2.05) is 0 Å². The molecule has 4 N–H and O–H groups in total. The molecule has 1 atom stereocenters. The number of benzene rings is 1. The molecular formula is C14H18N2O4. The molecule has 0 aliphatic rings. The molecule has 1 rings (SSSR count). The first-order valence-corrected chi connectivity index (χ1v) is 6.09. The molecule has 0 aliphatic carbocycles. The number of hydrogen-bond acceptors (Lipinski definition) is 4. The number of carboxylic acid groups (broad SMARTS) is 1. The van der Waals surface area contributed by atoms with Gasteiger partial charge in [-0.1, -0.05) is 18.2 Å². The summed E-state index contributed by atoms with van der Waals surface area (Å²) in [6, 6.07) is 5.50. The van der Waals surface area contributed by atoms with E-state index in [0.29, 0.717) is 0 Å². The maximum atomic E-state index is 12.1. The van der Waals surface area contributed by atoms with Gasteiger partial charge in [-0.2, -0.15) is 0 Å². The number of aromatic hydroxyl groups is 1. The largest absolute Gasteiger partial charge is 0.508 e. The number of nitrogens with zero attached hydrogens (tertiary/aromatic N) is 1. The fraction of sp³-hybridized carbons (Fsp3) is 0.286. The van der Waals surface area contributed by atoms with Gasteiger partial charge in [-0.25, -0.2) is 0 Å². The molecule has 20 heavy (non-hydrogen) atoms. The van der Waals surface area contributed by atoms with Gasteiger partial charge in [0.25, 0.3) is 0 Å². The van der Waals surface area contributed by atoms with E-state index < -0.39 is 24.5 Å². The van der Waals surface area contributed by atoms with Gasteiger partial charge in [0, 0.05) is 6.54 Å². The van der Waals surface area contributed by atoms with Crippen LogP contribution in [0.4, 0.5) is 0 Å². The van der Waals surface area contributed by atoms with Crippen molar-refractivity contribution in [3.05, 3.63) is 42.5 Å². The molecule has 1 aromatic rings. The Balaban J connectivity index is 2.70. The van der Waals surface area contributed by atoms with Crippen LogP contribution in [0.2, 0.25) is 0 Å². The molecule has 0 radical (unpaired) electrons. The molecule has 6 heteroatoms. The van der Waals surface area contributed by atoms with Gasteiger partial charge in [-0.3, -0.25) is 9.59 Å². The molecule has 0 aliphatic heterocycles. The first kappa shape index (κ1) is 15.7. The molecule has 0 fully saturated rings. The second-order valence-electron chi connectivity index (χ2n) is 4.38. The van der Waals surface area contributed by atoms with Crippen molar-refractivity contribution in [1.82, 2.24) is 4.90 Å². The Morgan fingerprint density at radius 3 is 2.45 bits per heavy atom. The molecule has 0 spiro atoms. The van der Waals surface area contributed by atoms with Crippen LogP contribution in [-0.4, -0.2) is 46.1 Å². The molecule has 0 saturated heterocycles. The zero-order valence-corrected chi connectivity index (χ0v) is 11.0. The van der Waals surface area contributed by atoms with E-state index in [4.69, 9.17) is 10.8 Å². The SMILES string of the molecule is C=CCN(CC(=O)O)C(=O)C(N)Cc1ccc(O)cc1. The van der Waals surface area contributed by atoms with Gasteiger partial charge in [-0.15, -0.1) is 6.58 Å². The van der Waals surface area contributed by atoms with E-state index in [9.17, 15) is 14.7 Å². The van der Waals surface area contributed by atoms with Gasteiger partial charge in [0.1, 0.15) is 12.3 Å². The van der Waals surface area contributed by atoms with Crippen LogP contribution in [0.25, 0.3) is 0 Å². The number of phenols is 1. The number of carbonyl (C=O) groups excluding carboxylic acids is 1. The Morgan fingerprint density at radius 2 is 1.95 bits per heavy atom. The van der Waals surface area contributed by atoms with Gasteiger partial charge in [0.05, 0.1) is 6.04 Å². The second-order valence-corrected chi connectivity index (χ2v) is 4.38. The highest BCUT2D eigenvalue weighted by molar-refractivity contribution is 5.85. The molecule has 1 unspecified atom stereocenters. The zero-order chi connectivity index (χ0) is 15.1. The van der Waals surface area contributed by atoms with Crippen molar-refractivity contribution >= 4 is 11.9 Å². The van der Waals surface area contributed by atoms with E-state index in [2.05, 4.69) is 6.58 Å². The van der Waals surface area contributed by atoms with Gasteiger partial charge in [0.15, 0.2) is 0 Å². The van der Waals surface area contributed by atoms with Crippen LogP contribution in [-0.2, 0) is 16.0 Å². The third-order valence-electron chi connectivity index (χ3n) is 2.70. The number of hydrogen-bond donors (Lipinski definition) is 3. The minimum Gasteiger partial charge on any atom is -0.508 e. The highest BCUT2D eigenvalue weighted by Crippen LogP contribution is 2.11. The molecular weight excluding hydrogens is 260 g/mol. The van der Waals surface area contributed by atoms with Crippen LogP contribution in [0.3, 0.4) is 0 Å². The summed E-state index contributed by atoms with van der Waals surface area (Å²) in [6.07, 6.45) is 1.72. The summed E-state index contributed by atoms with van der Waals surface area (Å²) in [5.41, 5.74) is 6.60. The second kappa shape index (κ2) is 7.30. The first-order valence-electron chi connectivity index (χ1n) is 6.09. The maximum absolute atomic E-state index is 12.1. The third-order valence-corrected chi connectivity index (χ3v) is 2.70. The van der Waals surface area contributed by atoms with Crippen molar-refractivity contribution in [3.63, 3.8) is 0 Å². The topological polar surface area (TPSA) is 104 Å². The standard InChI is InChI=1S/C14H18N2O4/c1-2-7-16(9-13(18)19)14(20)12(15)8-10-3-5-11(17)6-4-10/h2-6,12,17H,1,7-9,15H2,(H,18,19). The minimum absolute atomic E-state index is 0.132. The Hall–Kier alpha value is -2.34. The van der Waals surface area contributed by atoms with Crippen LogP contribution >= 0.6 is 0 Å². The van der Waals surface area contributed by atoms with E-state index in [1.54, 1.807) is 12.1 Å². The summed E-state index contributed by atoms with van der Waals surface area (Å²) in [4.78, 5) is 23.9. The number of carboxylic acids is 1. The molecule has 1 amide bonds. The summed E-state index contributed by atoms with van der Waals surface area (Å²) in [6.45, 7) is 3.21. The van der Waals surface area contributed by atoms with Crippen LogP contribution in [0.15, 0.2) is 36.9 Å². The van der Waals surface area contributed by atoms with Crippen molar-refractivity contribution in [2.24, 2.45) is 5.73 Å². The summed E-state index contributed by atoms with van der Waals surface area (Å²) in [5.74, 6) is -1.41. The number of aliphatic carboxylic acids is 1. The number of rotatable bonds is 7. The van der Waals surface area contributed by atoms with Crippen molar-refractivity contribution in [3.8, 4) is 5.75 Å². The monoisotopic (exact) mass is 278 g/mol. The molecule has 0 saturated carbocycles. The van der Waals surface area contributed by atoms with Crippen LogP contribution in [0, 0.1) is 0 Å². The van der Waals surface area contributed by atoms with Crippen LogP contribution in [0.5, 0.6) is 5.75 Å². The number of carbonyl (C=O) groups is 2. The number of nitrogens with two attached hydrogens (primary N) is 1. The summed E-state index contributed by atoms with van der Waals surface area (Å²) in [7, 11) is 0. The lowest BCUT2D eigenvalue weighted by Gasteiger charge is -2.22. The van der Waals surface area contributed by atoms with E-state index in [1.165, 1.54) is 18.2 Å². The Bertz CT molecular complexity index is 484. The average molecular weight is 278 g/mol. The summed E-state index contributed by atoms with van der Waals surface area (Å²) < 4.78 is 0. The first-order chi connectivity index (χ1) is 9.43. The lowest BCUT2D eigenvalue weighted by Crippen LogP contribution is -2.46. The fourth-order valence-electron chi connectivity index (χ4n) is 1.76. The van der Waals surface area contributed by atoms with E-state index in [-0.39, 0.29) is 18.7 Å². The Morgan fingerprint density at radius 1 is 1.35 bits per heavy atom. The van der Waals surface area contributed by atoms with Crippen molar-refractivity contribution in [2.45, 2.75) is 12.5 Å². The van der Waals surface area contributed by atoms with E-state index in [0.717, 1.165) is 10.5 Å². The summed E-state index contributed by atoms with van der Waals surface area (Å²) >= 11 is 0. The minimum atomic E-state index is -1.10. The lowest BCUT2D eigenvalue weighted by molar-refractivity contribution is -0.144. The summed E-state index contributed by atoms with van der Waals surface area (Å²) in [5, 5.41) is 17.9. The van der Waals surface area contributed by atoms with Crippen LogP contribution in [0.1, 0.15) is 5.56 Å². The quantitative estimate of drug-likeness (QED) is 0.625. The van der Waals surface area contributed by atoms with Gasteiger partial charge < -0.3 is 20.8 Å². The van der Waals surface area contributed by atoms with E-state index >= 15 is 0 Å². The molecule has 1 aromatic carbocycles. The maximum Gasteiger partial charge on any atom is 0.323 e. The lowest BCUT2D eigenvalue weighted by atomic mass is 10.1. The Labute approximate surface area is 117 Å². The fourth-order valence-corrected chi connectivity index (χ4v) is 1.76. The average Bonchev–Trinajstić information content (AvgIpc) is 2.39. The number of phenolic OH excluding ortho intramolecular Hbond substituents is 1. The highest BCUT2D eigenvalue weighted by Gasteiger charge is 2.22.